The smallest absolute Gasteiger partial charge is 0.262 e. The molecule has 228 valence electrons. The highest BCUT2D eigenvalue weighted by atomic mass is 79.9. The van der Waals surface area contributed by atoms with Gasteiger partial charge in [-0.15, -0.1) is 0 Å². The van der Waals surface area contributed by atoms with Gasteiger partial charge in [0.1, 0.15) is 6.61 Å². The molecule has 0 amide bonds. The first-order valence-electron chi connectivity index (χ1n) is 12.7. The molecule has 2 aromatic heterocycles. The molecule has 2 N–H and O–H groups in total. The van der Waals surface area contributed by atoms with E-state index in [4.69, 9.17) is 57.1 Å². The van der Waals surface area contributed by atoms with Gasteiger partial charge in [-0.25, -0.2) is 0 Å². The summed E-state index contributed by atoms with van der Waals surface area (Å²) in [5, 5.41) is 23.5. The number of nitrogens with zero attached hydrogens (tertiary/aromatic N) is 4. The summed E-state index contributed by atoms with van der Waals surface area (Å²) >= 11 is 26.5. The van der Waals surface area contributed by atoms with Crippen LogP contribution in [0.25, 0.3) is 0 Å². The van der Waals surface area contributed by atoms with Crippen LogP contribution in [0.4, 0.5) is 0 Å². The van der Waals surface area contributed by atoms with Crippen LogP contribution in [-0.2, 0) is 34.8 Å². The fourth-order valence-electron chi connectivity index (χ4n) is 4.65. The average Bonchev–Trinajstić information content (AvgIpc) is 2.96. The molecule has 0 aliphatic carbocycles. The van der Waals surface area contributed by atoms with Gasteiger partial charge in [0.25, 0.3) is 11.1 Å². The molecule has 0 spiro atoms. The predicted molar refractivity (Wildman–Crippen MR) is 173 cm³/mol. The Kier molecular flexibility index (Phi) is 9.82. The summed E-state index contributed by atoms with van der Waals surface area (Å²) < 4.78 is 17.4. The Labute approximate surface area is 275 Å². The van der Waals surface area contributed by atoms with Crippen LogP contribution in [0, 0.1) is 9.54 Å². The maximum Gasteiger partial charge on any atom is 0.262 e. The fourth-order valence-corrected chi connectivity index (χ4v) is 6.02. The van der Waals surface area contributed by atoms with E-state index < -0.39 is 28.8 Å². The molecule has 0 radical (unpaired) electrons. The van der Waals surface area contributed by atoms with Crippen molar-refractivity contribution in [3.05, 3.63) is 97.4 Å². The minimum Gasteiger partial charge on any atom is -0.494 e. The first-order valence-corrected chi connectivity index (χ1v) is 15.1. The lowest BCUT2D eigenvalue weighted by Crippen LogP contribution is -2.33. The molecule has 10 nitrogen and oxygen atoms in total. The number of rotatable bonds is 8. The third kappa shape index (κ3) is 6.01. The lowest BCUT2D eigenvalue weighted by atomic mass is 9.86. The van der Waals surface area contributed by atoms with Crippen LogP contribution < -0.4 is 20.6 Å². The molecule has 0 aliphatic rings. The third-order valence-electron chi connectivity index (χ3n) is 6.96. The van der Waals surface area contributed by atoms with E-state index in [-0.39, 0.29) is 39.6 Å². The number of hydrogen-bond acceptors (Lipinski definition) is 8. The van der Waals surface area contributed by atoms with Gasteiger partial charge in [0, 0.05) is 43.8 Å². The largest absolute Gasteiger partial charge is 0.494 e. The second kappa shape index (κ2) is 12.9. The summed E-state index contributed by atoms with van der Waals surface area (Å²) in [4.78, 5) is 27.4. The summed E-state index contributed by atoms with van der Waals surface area (Å²) in [5.74, 6) is -1.66. The quantitative estimate of drug-likeness (QED) is 0.217. The van der Waals surface area contributed by atoms with Crippen LogP contribution in [0.3, 0.4) is 0 Å². The van der Waals surface area contributed by atoms with E-state index in [1.54, 1.807) is 37.3 Å². The van der Waals surface area contributed by atoms with Gasteiger partial charge in [-0.05, 0) is 77.1 Å². The Morgan fingerprint density at radius 2 is 1.40 bits per heavy atom. The van der Waals surface area contributed by atoms with Crippen LogP contribution in [0.2, 0.25) is 10.0 Å². The number of benzene rings is 2. The van der Waals surface area contributed by atoms with Crippen molar-refractivity contribution in [1.82, 2.24) is 18.3 Å². The van der Waals surface area contributed by atoms with Gasteiger partial charge in [0.2, 0.25) is 11.8 Å². The maximum atomic E-state index is 13.7. The molecule has 43 heavy (non-hydrogen) atoms. The van der Waals surface area contributed by atoms with Gasteiger partial charge in [-0.3, -0.25) is 27.9 Å². The Bertz CT molecular complexity index is 1920. The number of ether oxygens (including phenoxy) is 2. The van der Waals surface area contributed by atoms with Crippen molar-refractivity contribution in [3.63, 3.8) is 0 Å². The number of hydrogen-bond donors (Lipinski definition) is 2. The topological polar surface area (TPSA) is 113 Å². The van der Waals surface area contributed by atoms with E-state index in [0.717, 1.165) is 0 Å². The van der Waals surface area contributed by atoms with Gasteiger partial charge >= 0.3 is 0 Å². The van der Waals surface area contributed by atoms with Crippen molar-refractivity contribution < 1.29 is 19.7 Å². The van der Waals surface area contributed by atoms with E-state index in [0.29, 0.717) is 31.4 Å². The highest BCUT2D eigenvalue weighted by Gasteiger charge is 2.33. The normalized spacial score (nSPS) is 11.3. The van der Waals surface area contributed by atoms with Crippen molar-refractivity contribution in [2.75, 3.05) is 6.61 Å². The van der Waals surface area contributed by atoms with E-state index in [1.807, 2.05) is 0 Å². The molecule has 0 bridgehead atoms. The molecule has 0 aliphatic heterocycles. The average molecular weight is 730 g/mol. The van der Waals surface area contributed by atoms with Crippen molar-refractivity contribution in [1.29, 1.82) is 0 Å². The molecule has 2 aromatic carbocycles. The highest BCUT2D eigenvalue weighted by molar-refractivity contribution is 9.10. The number of aromatic hydroxyl groups is 2. The summed E-state index contributed by atoms with van der Waals surface area (Å²) in [5.41, 5.74) is -0.718. The maximum absolute atomic E-state index is 13.7. The van der Waals surface area contributed by atoms with Crippen molar-refractivity contribution in [2.45, 2.75) is 19.4 Å². The van der Waals surface area contributed by atoms with Gasteiger partial charge < -0.3 is 19.7 Å². The second-order valence-electron chi connectivity index (χ2n) is 9.61. The van der Waals surface area contributed by atoms with Crippen LogP contribution in [-0.4, -0.2) is 35.1 Å². The Hall–Kier alpha value is -3.10. The minimum absolute atomic E-state index is 0.0504. The minimum atomic E-state index is -1.30. The first-order chi connectivity index (χ1) is 20.2. The van der Waals surface area contributed by atoms with E-state index in [1.165, 1.54) is 46.5 Å². The Morgan fingerprint density at radius 1 is 0.860 bits per heavy atom. The molecule has 0 saturated heterocycles. The third-order valence-corrected chi connectivity index (χ3v) is 9.24. The molecular formula is C28H27BrCl2N4O6S2. The van der Waals surface area contributed by atoms with Crippen molar-refractivity contribution >= 4 is 63.6 Å². The molecule has 4 aromatic rings. The summed E-state index contributed by atoms with van der Waals surface area (Å²) in [6.45, 7) is 2.11. The zero-order chi connectivity index (χ0) is 31.9. The van der Waals surface area contributed by atoms with Crippen molar-refractivity contribution in [3.8, 4) is 23.3 Å². The van der Waals surface area contributed by atoms with Crippen LogP contribution in [0.5, 0.6) is 23.3 Å². The van der Waals surface area contributed by atoms with E-state index in [2.05, 4.69) is 15.9 Å². The lowest BCUT2D eigenvalue weighted by molar-refractivity contribution is 0.267. The molecule has 15 heteroatoms. The summed E-state index contributed by atoms with van der Waals surface area (Å²) in [7, 11) is 5.88. The fraction of sp³-hybridized carbons (Fsp3) is 0.286. The molecule has 4 rings (SSSR count). The van der Waals surface area contributed by atoms with Gasteiger partial charge in [-0.2, -0.15) is 0 Å². The Balaban J connectivity index is 2.03. The van der Waals surface area contributed by atoms with Gasteiger partial charge in [-0.1, -0.05) is 29.3 Å². The molecule has 0 atom stereocenters. The van der Waals surface area contributed by atoms with Crippen LogP contribution in [0.1, 0.15) is 35.1 Å². The second-order valence-corrected chi connectivity index (χ2v) is 12.0. The molecule has 2 heterocycles. The van der Waals surface area contributed by atoms with E-state index >= 15 is 0 Å². The number of aromatic nitrogens is 4. The number of halogens is 3. The van der Waals surface area contributed by atoms with Gasteiger partial charge in [0.05, 0.1) is 28.1 Å². The highest BCUT2D eigenvalue weighted by Crippen LogP contribution is 2.44. The first kappa shape index (κ1) is 32.8. The van der Waals surface area contributed by atoms with Gasteiger partial charge in [0.15, 0.2) is 21.0 Å². The summed E-state index contributed by atoms with van der Waals surface area (Å²) in [6, 6.07) is 8.24. The molecular weight excluding hydrogens is 703 g/mol. The monoisotopic (exact) mass is 728 g/mol. The molecule has 0 fully saturated rings. The SMILES string of the molecule is CCOc1cc(C(c2c(O)n(C)c(=S)n(C)c2=O)c2c(O)n(C)c(=S)n(C)c2=O)cc(Br)c1OCc1ccc(Cl)cc1Cl. The zero-order valence-electron chi connectivity index (χ0n) is 23.6. The lowest BCUT2D eigenvalue weighted by Gasteiger charge is -2.24. The predicted octanol–water partition coefficient (Wildman–Crippen LogP) is 5.86. The zero-order valence-corrected chi connectivity index (χ0v) is 28.4. The van der Waals surface area contributed by atoms with Crippen molar-refractivity contribution in [2.24, 2.45) is 28.2 Å². The van der Waals surface area contributed by atoms with Crippen LogP contribution in [0.15, 0.2) is 44.4 Å². The van der Waals surface area contributed by atoms with Crippen LogP contribution >= 0.6 is 63.6 Å². The molecule has 0 saturated carbocycles. The Morgan fingerprint density at radius 3 is 1.88 bits per heavy atom. The molecule has 0 unspecified atom stereocenters. The standard InChI is InChI=1S/C28H27BrCl2N4O6S2/c1-6-40-18-10-14(9-16(29)22(18)41-12-13-7-8-15(30)11-17(13)31)19(20-23(36)32(2)27(42)33(3)24(20)37)21-25(38)34(4)28(43)35(5)26(21)39/h7-11,19,36,38H,6,12H2,1-5H3. The summed E-state index contributed by atoms with van der Waals surface area (Å²) in [6.07, 6.45) is 0. The van der Waals surface area contributed by atoms with E-state index in [9.17, 15) is 19.8 Å².